The number of hydrogen-bond donors (Lipinski definition) is 2. The summed E-state index contributed by atoms with van der Waals surface area (Å²) in [6.07, 6.45) is 2.10. The van der Waals surface area contributed by atoms with Crippen LogP contribution in [0.4, 0.5) is 26.3 Å². The van der Waals surface area contributed by atoms with Crippen LogP contribution < -0.4 is 0 Å². The van der Waals surface area contributed by atoms with Crippen LogP contribution in [0.2, 0.25) is 0 Å². The largest absolute Gasteiger partial charge is 0.480 e. The molecule has 0 radical (unpaired) electrons. The van der Waals surface area contributed by atoms with E-state index >= 15 is 0 Å². The van der Waals surface area contributed by atoms with Crippen molar-refractivity contribution in [2.75, 3.05) is 26.3 Å². The highest BCUT2D eigenvalue weighted by Crippen LogP contribution is 2.36. The van der Waals surface area contributed by atoms with Gasteiger partial charge in [0.15, 0.2) is 20.0 Å². The fourth-order valence-electron chi connectivity index (χ4n) is 2.98. The van der Waals surface area contributed by atoms with Crippen LogP contribution in [-0.2, 0) is 20.0 Å². The quantitative estimate of drug-likeness (QED) is 0.383. The molecular weight excluding hydrogens is 520 g/mol. The Bertz CT molecular complexity index is 877. The molecule has 2 N–H and O–H groups in total. The average Bonchev–Trinajstić information content (AvgIpc) is 2.99. The van der Waals surface area contributed by atoms with Crippen LogP contribution in [0.25, 0.3) is 4.13 Å². The van der Waals surface area contributed by atoms with E-state index in [4.69, 9.17) is 0 Å². The maximum atomic E-state index is 11.4. The highest BCUT2D eigenvalue weighted by atomic mass is 32.3. The van der Waals surface area contributed by atoms with Gasteiger partial charge in [0.1, 0.15) is 25.2 Å². The molecule has 0 aliphatic carbocycles. The van der Waals surface area contributed by atoms with Crippen molar-refractivity contribution in [3.05, 3.63) is 4.13 Å². The van der Waals surface area contributed by atoms with Crippen LogP contribution in [0, 0.1) is 10.8 Å². The molecule has 0 fully saturated rings. The highest BCUT2D eigenvalue weighted by molar-refractivity contribution is 8.13. The number of hydrogen-bond acceptors (Lipinski definition) is 7. The number of alkyl halides is 6. The lowest BCUT2D eigenvalue weighted by Gasteiger charge is -2.31. The molecule has 1 heterocycles. The van der Waals surface area contributed by atoms with Crippen molar-refractivity contribution in [2.45, 2.75) is 64.6 Å². The van der Waals surface area contributed by atoms with Crippen LogP contribution in [0.3, 0.4) is 0 Å². The van der Waals surface area contributed by atoms with Gasteiger partial charge < -0.3 is 14.3 Å². The lowest BCUT2D eigenvalue weighted by Crippen LogP contribution is -2.45. The van der Waals surface area contributed by atoms with Crippen LogP contribution in [0.1, 0.15) is 41.5 Å². The molecule has 1 aliphatic rings. The second kappa shape index (κ2) is 10.8. The topological polar surface area (TPSA) is 129 Å². The molecular formula is C17H31F6N3O6S2. The number of nitrogens with zero attached hydrogens (tertiary/aromatic N) is 3. The number of halogens is 6. The van der Waals surface area contributed by atoms with E-state index in [1.807, 2.05) is 0 Å². The van der Waals surface area contributed by atoms with Crippen molar-refractivity contribution in [3.63, 3.8) is 0 Å². The summed E-state index contributed by atoms with van der Waals surface area (Å²) < 4.78 is 111. The molecule has 34 heavy (non-hydrogen) atoms. The Morgan fingerprint density at radius 3 is 1.53 bits per heavy atom. The smallest absolute Gasteiger partial charge is 0.421 e. The normalized spacial score (nSPS) is 18.2. The van der Waals surface area contributed by atoms with E-state index in [-0.39, 0.29) is 36.1 Å². The summed E-state index contributed by atoms with van der Waals surface area (Å²) in [5.41, 5.74) is -12.3. The van der Waals surface area contributed by atoms with Crippen LogP contribution in [0.15, 0.2) is 0 Å². The third-order valence-electron chi connectivity index (χ3n) is 4.84. The van der Waals surface area contributed by atoms with E-state index in [9.17, 15) is 53.4 Å². The molecule has 0 aromatic carbocycles. The van der Waals surface area contributed by atoms with E-state index in [0.717, 1.165) is 17.2 Å². The molecule has 0 amide bonds. The Balaban J connectivity index is 0.000000661. The lowest BCUT2D eigenvalue weighted by atomic mass is 9.86. The Morgan fingerprint density at radius 1 is 0.853 bits per heavy atom. The highest BCUT2D eigenvalue weighted by Gasteiger charge is 2.47. The van der Waals surface area contributed by atoms with E-state index in [0.29, 0.717) is 0 Å². The molecule has 17 heteroatoms. The first-order valence-electron chi connectivity index (χ1n) is 9.77. The predicted molar refractivity (Wildman–Crippen MR) is 112 cm³/mol. The van der Waals surface area contributed by atoms with Gasteiger partial charge in [-0.2, -0.15) is 26.3 Å². The summed E-state index contributed by atoms with van der Waals surface area (Å²) in [6, 6.07) is 0.244. The van der Waals surface area contributed by atoms with Gasteiger partial charge in [-0.3, -0.25) is 9.48 Å². The van der Waals surface area contributed by atoms with Crippen molar-refractivity contribution in [3.8, 4) is 0 Å². The van der Waals surface area contributed by atoms with E-state index in [1.165, 1.54) is 0 Å². The minimum Gasteiger partial charge on any atom is -0.421 e. The summed E-state index contributed by atoms with van der Waals surface area (Å²) in [5, 5.41) is 19.3. The maximum absolute atomic E-state index is 11.4. The van der Waals surface area contributed by atoms with Crippen molar-refractivity contribution >= 4 is 26.4 Å². The lowest BCUT2D eigenvalue weighted by molar-refractivity contribution is -0.572. The van der Waals surface area contributed by atoms with Crippen LogP contribution in [-0.4, -0.2) is 92.3 Å². The molecule has 0 bridgehead atoms. The van der Waals surface area contributed by atoms with E-state index in [2.05, 4.69) is 57.4 Å². The summed E-state index contributed by atoms with van der Waals surface area (Å²) in [7, 11) is -13.4. The summed E-state index contributed by atoms with van der Waals surface area (Å²) >= 11 is 0. The minimum absolute atomic E-state index is 0.0394. The molecule has 2 atom stereocenters. The second-order valence-corrected chi connectivity index (χ2v) is 13.1. The summed E-state index contributed by atoms with van der Waals surface area (Å²) in [6.45, 7) is 15.0. The SMILES string of the molecule is CC(C)(C)[C@@H](CO)N1C=[N+]([C@H](CO)C(C)(C)C)CC1.O=S(=O)([N-]S(=O)(=O)C(F)(F)F)C(F)(F)F. The number of sulfonamides is 2. The standard InChI is InChI=1S/C15H31N2O2.C2F6NO4S2/c1-14(2,3)12(9-18)16-7-8-17(11-16)13(10-19)15(4,5)6;3-1(4,5)14(10,11)9-15(12,13)2(6,7)8/h11-13,18-19H,7-10H2,1-6H3;/q+1;-1/t12-,13-;/m1./s1. The molecule has 1 aliphatic heterocycles. The third-order valence-corrected chi connectivity index (χ3v) is 7.58. The van der Waals surface area contributed by atoms with Crippen LogP contribution >= 0.6 is 0 Å². The fourth-order valence-corrected chi connectivity index (χ4v) is 4.69. The Labute approximate surface area is 195 Å². The summed E-state index contributed by atoms with van der Waals surface area (Å²) in [5.74, 6) is 0. The number of aliphatic hydroxyl groups is 2. The monoisotopic (exact) mass is 551 g/mol. The molecule has 0 aromatic heterocycles. The number of rotatable bonds is 6. The van der Waals surface area contributed by atoms with E-state index < -0.39 is 31.1 Å². The van der Waals surface area contributed by atoms with Crippen molar-refractivity contribution in [1.82, 2.24) is 4.90 Å². The first-order valence-corrected chi connectivity index (χ1v) is 12.6. The van der Waals surface area contributed by atoms with Crippen molar-refractivity contribution in [1.29, 1.82) is 0 Å². The average molecular weight is 552 g/mol. The van der Waals surface area contributed by atoms with Crippen molar-refractivity contribution in [2.24, 2.45) is 10.8 Å². The molecule has 0 saturated carbocycles. The van der Waals surface area contributed by atoms with Gasteiger partial charge in [-0.1, -0.05) is 41.5 Å². The number of aliphatic hydroxyl groups excluding tert-OH is 2. The zero-order valence-corrected chi connectivity index (χ0v) is 21.1. The molecule has 0 unspecified atom stereocenters. The second-order valence-electron chi connectivity index (χ2n) is 9.64. The van der Waals surface area contributed by atoms with E-state index in [1.54, 1.807) is 0 Å². The summed E-state index contributed by atoms with van der Waals surface area (Å²) in [4.78, 5) is 2.22. The van der Waals surface area contributed by atoms with Gasteiger partial charge in [0, 0.05) is 10.8 Å². The molecule has 0 spiro atoms. The van der Waals surface area contributed by atoms with Gasteiger partial charge >= 0.3 is 11.0 Å². The minimum atomic E-state index is -6.72. The zero-order chi connectivity index (χ0) is 27.6. The van der Waals surface area contributed by atoms with Gasteiger partial charge in [-0.15, -0.1) is 0 Å². The Kier molecular flexibility index (Phi) is 10.5. The first kappa shape index (κ1) is 32.8. The fraction of sp³-hybridized carbons (Fsp3) is 0.941. The van der Waals surface area contributed by atoms with Gasteiger partial charge in [-0.05, 0) is 0 Å². The van der Waals surface area contributed by atoms with Gasteiger partial charge in [0.2, 0.25) is 6.34 Å². The Hall–Kier alpha value is -1.17. The van der Waals surface area contributed by atoms with Gasteiger partial charge in [-0.25, -0.2) is 16.8 Å². The molecule has 0 aromatic rings. The third kappa shape index (κ3) is 8.80. The zero-order valence-electron chi connectivity index (χ0n) is 19.5. The van der Waals surface area contributed by atoms with Crippen LogP contribution in [0.5, 0.6) is 0 Å². The first-order chi connectivity index (χ1) is 14.8. The van der Waals surface area contributed by atoms with Gasteiger partial charge in [0.05, 0.1) is 13.2 Å². The van der Waals surface area contributed by atoms with Crippen molar-refractivity contribution < 1.29 is 58.0 Å². The molecule has 0 saturated heterocycles. The predicted octanol–water partition coefficient (Wildman–Crippen LogP) is 2.22. The molecule has 204 valence electrons. The molecule has 1 rings (SSSR count). The Morgan fingerprint density at radius 2 is 1.26 bits per heavy atom. The van der Waals surface area contributed by atoms with Gasteiger partial charge in [0.25, 0.3) is 0 Å². The maximum Gasteiger partial charge on any atom is 0.480 e. The molecule has 9 nitrogen and oxygen atoms in total.